The summed E-state index contributed by atoms with van der Waals surface area (Å²) in [6, 6.07) is 5.10. The molecule has 3 heteroatoms. The van der Waals surface area contributed by atoms with Gasteiger partial charge in [0.15, 0.2) is 0 Å². The van der Waals surface area contributed by atoms with E-state index in [1.807, 2.05) is 11.3 Å². The summed E-state index contributed by atoms with van der Waals surface area (Å²) in [7, 11) is 2.22. The smallest absolute Gasteiger partial charge is 0.0324 e. The number of hydrogen-bond donors (Lipinski definition) is 1. The topological polar surface area (TPSA) is 15.3 Å². The van der Waals surface area contributed by atoms with Crippen molar-refractivity contribution in [3.8, 4) is 0 Å². The molecule has 0 spiro atoms. The van der Waals surface area contributed by atoms with Gasteiger partial charge in [0.05, 0.1) is 0 Å². The van der Waals surface area contributed by atoms with Crippen LogP contribution in [-0.4, -0.2) is 24.5 Å². The molecule has 0 fully saturated rings. The van der Waals surface area contributed by atoms with Gasteiger partial charge < -0.3 is 10.2 Å². The quantitative estimate of drug-likeness (QED) is 0.684. The van der Waals surface area contributed by atoms with Crippen molar-refractivity contribution in [1.29, 1.82) is 0 Å². The molecule has 0 aliphatic carbocycles. The zero-order valence-electron chi connectivity index (χ0n) is 12.3. The van der Waals surface area contributed by atoms with Crippen LogP contribution in [0.15, 0.2) is 12.1 Å². The summed E-state index contributed by atoms with van der Waals surface area (Å²) in [5.41, 5.74) is 0. The summed E-state index contributed by atoms with van der Waals surface area (Å²) in [4.78, 5) is 5.36. The Morgan fingerprint density at radius 3 is 2.61 bits per heavy atom. The number of thiophene rings is 1. The highest BCUT2D eigenvalue weighted by Crippen LogP contribution is 2.18. The van der Waals surface area contributed by atoms with E-state index >= 15 is 0 Å². The third-order valence-electron chi connectivity index (χ3n) is 2.97. The molecule has 0 amide bonds. The lowest BCUT2D eigenvalue weighted by molar-refractivity contribution is 0.321. The lowest BCUT2D eigenvalue weighted by Crippen LogP contribution is -2.21. The first kappa shape index (κ1) is 15.7. The fourth-order valence-corrected chi connectivity index (χ4v) is 2.93. The predicted molar refractivity (Wildman–Crippen MR) is 82.2 cm³/mol. The molecular formula is C15H28N2S. The van der Waals surface area contributed by atoms with Gasteiger partial charge in [0.1, 0.15) is 0 Å². The Kier molecular flexibility index (Phi) is 7.56. The van der Waals surface area contributed by atoms with Gasteiger partial charge in [-0.25, -0.2) is 0 Å². The predicted octanol–water partition coefficient (Wildman–Crippen LogP) is 3.87. The third-order valence-corrected chi connectivity index (χ3v) is 4.04. The monoisotopic (exact) mass is 268 g/mol. The summed E-state index contributed by atoms with van der Waals surface area (Å²) < 4.78 is 0. The van der Waals surface area contributed by atoms with Crippen molar-refractivity contribution in [3.05, 3.63) is 21.9 Å². The molecule has 0 aromatic carbocycles. The van der Waals surface area contributed by atoms with Crippen LogP contribution in [0.1, 0.15) is 49.8 Å². The standard InChI is InChI=1S/C15H28N2S/c1-5-6-7-10-17(4)12-15-9-8-14(18-15)11-16-13(2)3/h8-9,13,16H,5-7,10-12H2,1-4H3. The first-order valence-electron chi connectivity index (χ1n) is 7.11. The highest BCUT2D eigenvalue weighted by atomic mass is 32.1. The van der Waals surface area contributed by atoms with Crippen LogP contribution in [-0.2, 0) is 13.1 Å². The Hall–Kier alpha value is -0.380. The highest BCUT2D eigenvalue weighted by molar-refractivity contribution is 7.11. The first-order valence-corrected chi connectivity index (χ1v) is 7.93. The summed E-state index contributed by atoms with van der Waals surface area (Å²) in [6.45, 7) is 9.95. The molecule has 0 unspecified atom stereocenters. The van der Waals surface area contributed by atoms with Crippen LogP contribution >= 0.6 is 11.3 Å². The van der Waals surface area contributed by atoms with E-state index in [4.69, 9.17) is 0 Å². The molecule has 1 heterocycles. The van der Waals surface area contributed by atoms with Crippen molar-refractivity contribution in [2.24, 2.45) is 0 Å². The maximum atomic E-state index is 3.47. The van der Waals surface area contributed by atoms with Gasteiger partial charge in [-0.05, 0) is 32.1 Å². The lowest BCUT2D eigenvalue weighted by Gasteiger charge is -2.14. The Labute approximate surface area is 116 Å². The summed E-state index contributed by atoms with van der Waals surface area (Å²) in [6.07, 6.45) is 3.97. The molecule has 0 atom stereocenters. The van der Waals surface area contributed by atoms with Crippen LogP contribution in [0.4, 0.5) is 0 Å². The molecular weight excluding hydrogens is 240 g/mol. The van der Waals surface area contributed by atoms with Crippen molar-refractivity contribution in [2.75, 3.05) is 13.6 Å². The number of rotatable bonds is 9. The summed E-state index contributed by atoms with van der Waals surface area (Å²) in [5, 5.41) is 3.47. The van der Waals surface area contributed by atoms with E-state index in [2.05, 4.69) is 50.2 Å². The van der Waals surface area contributed by atoms with Crippen molar-refractivity contribution in [1.82, 2.24) is 10.2 Å². The van der Waals surface area contributed by atoms with Crippen LogP contribution in [0.2, 0.25) is 0 Å². The van der Waals surface area contributed by atoms with Crippen molar-refractivity contribution in [3.63, 3.8) is 0 Å². The maximum absolute atomic E-state index is 3.47. The fourth-order valence-electron chi connectivity index (χ4n) is 1.88. The van der Waals surface area contributed by atoms with Gasteiger partial charge in [0, 0.05) is 28.9 Å². The molecule has 0 saturated heterocycles. The molecule has 2 nitrogen and oxygen atoms in total. The minimum atomic E-state index is 0.562. The largest absolute Gasteiger partial charge is 0.310 e. The van der Waals surface area contributed by atoms with Crippen LogP contribution in [0.3, 0.4) is 0 Å². The van der Waals surface area contributed by atoms with Crippen LogP contribution in [0.25, 0.3) is 0 Å². The molecule has 1 rings (SSSR count). The van der Waals surface area contributed by atoms with Gasteiger partial charge in [-0.2, -0.15) is 0 Å². The molecule has 0 bridgehead atoms. The van der Waals surface area contributed by atoms with Crippen LogP contribution < -0.4 is 5.32 Å². The van der Waals surface area contributed by atoms with E-state index in [1.54, 1.807) is 0 Å². The number of unbranched alkanes of at least 4 members (excludes halogenated alkanes) is 2. The van der Waals surface area contributed by atoms with Crippen LogP contribution in [0, 0.1) is 0 Å². The zero-order valence-corrected chi connectivity index (χ0v) is 13.1. The number of nitrogens with zero attached hydrogens (tertiary/aromatic N) is 1. The normalized spacial score (nSPS) is 11.7. The molecule has 104 valence electrons. The van der Waals surface area contributed by atoms with E-state index in [-0.39, 0.29) is 0 Å². The second-order valence-corrected chi connectivity index (χ2v) is 6.60. The van der Waals surface area contributed by atoms with Crippen molar-refractivity contribution in [2.45, 2.75) is 59.2 Å². The fraction of sp³-hybridized carbons (Fsp3) is 0.733. The maximum Gasteiger partial charge on any atom is 0.0324 e. The van der Waals surface area contributed by atoms with Crippen molar-refractivity contribution >= 4 is 11.3 Å². The number of nitrogens with one attached hydrogen (secondary N) is 1. The van der Waals surface area contributed by atoms with Crippen molar-refractivity contribution < 1.29 is 0 Å². The second kappa shape index (κ2) is 8.68. The Balaban J connectivity index is 2.29. The Bertz CT molecular complexity index is 320. The van der Waals surface area contributed by atoms with E-state index in [0.717, 1.165) is 13.1 Å². The summed E-state index contributed by atoms with van der Waals surface area (Å²) in [5.74, 6) is 0. The Morgan fingerprint density at radius 2 is 1.94 bits per heavy atom. The van der Waals surface area contributed by atoms with E-state index in [0.29, 0.717) is 6.04 Å². The van der Waals surface area contributed by atoms with E-state index in [1.165, 1.54) is 35.6 Å². The molecule has 18 heavy (non-hydrogen) atoms. The molecule has 0 aliphatic rings. The van der Waals surface area contributed by atoms with Gasteiger partial charge >= 0.3 is 0 Å². The molecule has 1 N–H and O–H groups in total. The third kappa shape index (κ3) is 6.53. The molecule has 0 aliphatic heterocycles. The van der Waals surface area contributed by atoms with E-state index in [9.17, 15) is 0 Å². The zero-order chi connectivity index (χ0) is 13.4. The molecule has 0 radical (unpaired) electrons. The Morgan fingerprint density at radius 1 is 1.22 bits per heavy atom. The van der Waals surface area contributed by atoms with Gasteiger partial charge in [0.2, 0.25) is 0 Å². The minimum Gasteiger partial charge on any atom is -0.310 e. The van der Waals surface area contributed by atoms with E-state index < -0.39 is 0 Å². The van der Waals surface area contributed by atoms with Crippen LogP contribution in [0.5, 0.6) is 0 Å². The molecule has 1 aromatic rings. The average molecular weight is 268 g/mol. The van der Waals surface area contributed by atoms with Gasteiger partial charge in [0.25, 0.3) is 0 Å². The molecule has 1 aromatic heterocycles. The number of hydrogen-bond acceptors (Lipinski definition) is 3. The first-order chi connectivity index (χ1) is 8.61. The highest BCUT2D eigenvalue weighted by Gasteiger charge is 2.04. The SMILES string of the molecule is CCCCCN(C)Cc1ccc(CNC(C)C)s1. The average Bonchev–Trinajstić information content (AvgIpc) is 2.74. The van der Waals surface area contributed by atoms with Gasteiger partial charge in [-0.3, -0.25) is 0 Å². The summed E-state index contributed by atoms with van der Waals surface area (Å²) >= 11 is 1.94. The minimum absolute atomic E-state index is 0.562. The van der Waals surface area contributed by atoms with Gasteiger partial charge in [-0.1, -0.05) is 33.6 Å². The van der Waals surface area contributed by atoms with Gasteiger partial charge in [-0.15, -0.1) is 11.3 Å². The second-order valence-electron chi connectivity index (χ2n) is 5.35. The lowest BCUT2D eigenvalue weighted by atomic mass is 10.2. The molecule has 0 saturated carbocycles.